The largest absolute Gasteiger partial charge is 0.380 e. The number of pyridine rings is 1. The average molecular weight is 234 g/mol. The minimum atomic E-state index is 0.202. The van der Waals surface area contributed by atoms with Crippen LogP contribution in [0.3, 0.4) is 0 Å². The maximum atomic E-state index is 5.34. The Morgan fingerprint density at radius 1 is 1.53 bits per heavy atom. The summed E-state index contributed by atoms with van der Waals surface area (Å²) >= 11 is 0. The maximum absolute atomic E-state index is 5.34. The molecule has 2 aromatic rings. The van der Waals surface area contributed by atoms with Crippen LogP contribution in [0.25, 0.3) is 5.65 Å². The lowest BCUT2D eigenvalue weighted by atomic mass is 10.3. The van der Waals surface area contributed by atoms with Gasteiger partial charge in [-0.05, 0) is 38.5 Å². The van der Waals surface area contributed by atoms with Gasteiger partial charge in [0.15, 0.2) is 5.65 Å². The Hall–Kier alpha value is -1.62. The predicted molar refractivity (Wildman–Crippen MR) is 67.3 cm³/mol. The molecular weight excluding hydrogens is 216 g/mol. The van der Waals surface area contributed by atoms with E-state index < -0.39 is 0 Å². The second-order valence-electron chi connectivity index (χ2n) is 4.15. The van der Waals surface area contributed by atoms with Crippen molar-refractivity contribution in [1.29, 1.82) is 0 Å². The molecule has 0 aliphatic heterocycles. The monoisotopic (exact) mass is 234 g/mol. The molecule has 5 heteroatoms. The van der Waals surface area contributed by atoms with Crippen LogP contribution in [-0.4, -0.2) is 33.9 Å². The molecule has 1 atom stereocenters. The van der Waals surface area contributed by atoms with Crippen LogP contribution in [0.4, 0.5) is 5.95 Å². The number of fused-ring (bicyclic) bond motifs is 1. The molecule has 17 heavy (non-hydrogen) atoms. The molecule has 0 fully saturated rings. The van der Waals surface area contributed by atoms with Crippen molar-refractivity contribution < 1.29 is 4.74 Å². The standard InChI is InChI=1S/C12H18N4O/c1-4-17-8-10(3)13-12-14-11-7-9(2)5-6-16(11)15-12/h5-7,10H,4,8H2,1-3H3,(H,13,15). The van der Waals surface area contributed by atoms with Crippen molar-refractivity contribution in [2.45, 2.75) is 26.8 Å². The summed E-state index contributed by atoms with van der Waals surface area (Å²) in [6.45, 7) is 7.46. The zero-order valence-electron chi connectivity index (χ0n) is 10.5. The molecule has 1 unspecified atom stereocenters. The Bertz CT molecular complexity index is 494. The fourth-order valence-electron chi connectivity index (χ4n) is 1.60. The molecule has 0 amide bonds. The first-order chi connectivity index (χ1) is 8.19. The Balaban J connectivity index is 2.08. The third-order valence-corrected chi connectivity index (χ3v) is 2.44. The van der Waals surface area contributed by atoms with Crippen LogP contribution < -0.4 is 5.32 Å². The van der Waals surface area contributed by atoms with Gasteiger partial charge in [0.2, 0.25) is 5.95 Å². The lowest BCUT2D eigenvalue weighted by Crippen LogP contribution is -2.22. The quantitative estimate of drug-likeness (QED) is 0.858. The van der Waals surface area contributed by atoms with E-state index in [4.69, 9.17) is 4.74 Å². The van der Waals surface area contributed by atoms with Crippen molar-refractivity contribution in [1.82, 2.24) is 14.6 Å². The van der Waals surface area contributed by atoms with E-state index >= 15 is 0 Å². The average Bonchev–Trinajstić information content (AvgIpc) is 2.67. The van der Waals surface area contributed by atoms with Gasteiger partial charge in [0, 0.05) is 18.8 Å². The Labute approximate surface area is 101 Å². The Morgan fingerprint density at radius 2 is 2.35 bits per heavy atom. The molecule has 5 nitrogen and oxygen atoms in total. The smallest absolute Gasteiger partial charge is 0.243 e. The molecule has 1 N–H and O–H groups in total. The highest BCUT2D eigenvalue weighted by atomic mass is 16.5. The minimum absolute atomic E-state index is 0.202. The van der Waals surface area contributed by atoms with Gasteiger partial charge in [0.05, 0.1) is 6.61 Å². The summed E-state index contributed by atoms with van der Waals surface area (Å²) in [6.07, 6.45) is 1.91. The van der Waals surface area contributed by atoms with E-state index in [1.165, 1.54) is 5.56 Å². The summed E-state index contributed by atoms with van der Waals surface area (Å²) in [5.74, 6) is 0.641. The van der Waals surface area contributed by atoms with E-state index in [2.05, 4.69) is 15.4 Å². The van der Waals surface area contributed by atoms with E-state index in [0.717, 1.165) is 12.3 Å². The fraction of sp³-hybridized carbons (Fsp3) is 0.500. The van der Waals surface area contributed by atoms with Gasteiger partial charge in [-0.2, -0.15) is 4.98 Å². The topological polar surface area (TPSA) is 51.5 Å². The number of nitrogens with one attached hydrogen (secondary N) is 1. The van der Waals surface area contributed by atoms with E-state index in [9.17, 15) is 0 Å². The third kappa shape index (κ3) is 2.94. The summed E-state index contributed by atoms with van der Waals surface area (Å²) in [6, 6.07) is 4.22. The number of hydrogen-bond donors (Lipinski definition) is 1. The van der Waals surface area contributed by atoms with Crippen molar-refractivity contribution in [3.63, 3.8) is 0 Å². The van der Waals surface area contributed by atoms with Gasteiger partial charge in [-0.25, -0.2) is 4.52 Å². The first-order valence-electron chi connectivity index (χ1n) is 5.86. The number of aryl methyl sites for hydroxylation is 1. The van der Waals surface area contributed by atoms with Gasteiger partial charge in [-0.15, -0.1) is 5.10 Å². The fourth-order valence-corrected chi connectivity index (χ4v) is 1.60. The van der Waals surface area contributed by atoms with Gasteiger partial charge in [-0.3, -0.25) is 0 Å². The normalized spacial score (nSPS) is 12.9. The van der Waals surface area contributed by atoms with Crippen molar-refractivity contribution in [2.75, 3.05) is 18.5 Å². The molecule has 0 radical (unpaired) electrons. The predicted octanol–water partition coefficient (Wildman–Crippen LogP) is 1.87. The molecule has 2 rings (SSSR count). The van der Waals surface area contributed by atoms with Crippen LogP contribution in [0, 0.1) is 6.92 Å². The van der Waals surface area contributed by atoms with Gasteiger partial charge in [0.25, 0.3) is 0 Å². The van der Waals surface area contributed by atoms with Gasteiger partial charge >= 0.3 is 0 Å². The number of anilines is 1. The highest BCUT2D eigenvalue weighted by molar-refractivity contribution is 5.45. The van der Waals surface area contributed by atoms with E-state index in [1.807, 2.05) is 39.1 Å². The molecule has 0 aliphatic rings. The lowest BCUT2D eigenvalue weighted by Gasteiger charge is -2.11. The van der Waals surface area contributed by atoms with Crippen molar-refractivity contribution in [3.8, 4) is 0 Å². The molecule has 0 bridgehead atoms. The lowest BCUT2D eigenvalue weighted by molar-refractivity contribution is 0.141. The Kier molecular flexibility index (Phi) is 3.58. The molecule has 0 spiro atoms. The summed E-state index contributed by atoms with van der Waals surface area (Å²) in [4.78, 5) is 4.41. The third-order valence-electron chi connectivity index (χ3n) is 2.44. The first-order valence-corrected chi connectivity index (χ1v) is 5.86. The van der Waals surface area contributed by atoms with Crippen LogP contribution in [0.2, 0.25) is 0 Å². The van der Waals surface area contributed by atoms with Gasteiger partial charge in [0.1, 0.15) is 0 Å². The molecule has 0 aromatic carbocycles. The SMILES string of the molecule is CCOCC(C)Nc1nc2cc(C)ccn2n1. The molecular formula is C12H18N4O. The highest BCUT2D eigenvalue weighted by Crippen LogP contribution is 2.08. The zero-order chi connectivity index (χ0) is 12.3. The van der Waals surface area contributed by atoms with Crippen LogP contribution in [0.15, 0.2) is 18.3 Å². The molecule has 0 saturated carbocycles. The number of ether oxygens (including phenoxy) is 1. The molecule has 2 heterocycles. The Morgan fingerprint density at radius 3 is 3.12 bits per heavy atom. The molecule has 0 saturated heterocycles. The van der Waals surface area contributed by atoms with Crippen LogP contribution >= 0.6 is 0 Å². The van der Waals surface area contributed by atoms with E-state index in [1.54, 1.807) is 4.52 Å². The number of rotatable bonds is 5. The van der Waals surface area contributed by atoms with Crippen LogP contribution in [0.5, 0.6) is 0 Å². The summed E-state index contributed by atoms with van der Waals surface area (Å²) in [5.41, 5.74) is 2.04. The second kappa shape index (κ2) is 5.14. The van der Waals surface area contributed by atoms with Crippen LogP contribution in [-0.2, 0) is 4.74 Å². The molecule has 92 valence electrons. The van der Waals surface area contributed by atoms with Crippen molar-refractivity contribution >= 4 is 11.6 Å². The van der Waals surface area contributed by atoms with Crippen molar-refractivity contribution in [2.24, 2.45) is 0 Å². The summed E-state index contributed by atoms with van der Waals surface area (Å²) in [7, 11) is 0. The van der Waals surface area contributed by atoms with Crippen molar-refractivity contribution in [3.05, 3.63) is 23.9 Å². The zero-order valence-corrected chi connectivity index (χ0v) is 10.5. The first kappa shape index (κ1) is 11.9. The summed E-state index contributed by atoms with van der Waals surface area (Å²) in [5, 5.41) is 7.56. The van der Waals surface area contributed by atoms with E-state index in [-0.39, 0.29) is 6.04 Å². The summed E-state index contributed by atoms with van der Waals surface area (Å²) < 4.78 is 7.10. The molecule has 2 aromatic heterocycles. The maximum Gasteiger partial charge on any atom is 0.243 e. The number of nitrogens with zero attached hydrogens (tertiary/aromatic N) is 3. The number of aromatic nitrogens is 3. The molecule has 0 aliphatic carbocycles. The van der Waals surface area contributed by atoms with Gasteiger partial charge in [-0.1, -0.05) is 0 Å². The number of hydrogen-bond acceptors (Lipinski definition) is 4. The highest BCUT2D eigenvalue weighted by Gasteiger charge is 2.07. The minimum Gasteiger partial charge on any atom is -0.380 e. The van der Waals surface area contributed by atoms with Gasteiger partial charge < -0.3 is 10.1 Å². The second-order valence-corrected chi connectivity index (χ2v) is 4.15. The van der Waals surface area contributed by atoms with E-state index in [0.29, 0.717) is 12.6 Å². The van der Waals surface area contributed by atoms with Crippen LogP contribution in [0.1, 0.15) is 19.4 Å².